The van der Waals surface area contributed by atoms with Crippen molar-refractivity contribution in [2.45, 2.75) is 6.04 Å². The van der Waals surface area contributed by atoms with Gasteiger partial charge in [-0.2, -0.15) is 4.98 Å². The monoisotopic (exact) mass is 305 g/mol. The summed E-state index contributed by atoms with van der Waals surface area (Å²) in [6.07, 6.45) is 0. The Morgan fingerprint density at radius 1 is 1.24 bits per heavy atom. The third kappa shape index (κ3) is 2.29. The van der Waals surface area contributed by atoms with Gasteiger partial charge in [-0.15, -0.1) is 0 Å². The Balaban J connectivity index is 1.64. The topological polar surface area (TPSA) is 71.4 Å². The molecule has 0 radical (unpaired) electrons. The van der Waals surface area contributed by atoms with Crippen molar-refractivity contribution in [3.05, 3.63) is 29.0 Å². The van der Waals surface area contributed by atoms with Crippen LogP contribution < -0.4 is 5.73 Å². The van der Waals surface area contributed by atoms with Gasteiger partial charge in [0.2, 0.25) is 0 Å². The van der Waals surface area contributed by atoms with Crippen molar-refractivity contribution in [3.8, 4) is 11.5 Å². The van der Waals surface area contributed by atoms with Crippen LogP contribution in [0.2, 0.25) is 5.02 Å². The molecule has 2 aromatic rings. The van der Waals surface area contributed by atoms with Gasteiger partial charge < -0.3 is 10.3 Å². The zero-order valence-electron chi connectivity index (χ0n) is 11.5. The molecule has 2 N–H and O–H groups in total. The second-order valence-electron chi connectivity index (χ2n) is 5.55. The summed E-state index contributed by atoms with van der Waals surface area (Å²) < 4.78 is 5.40. The number of rotatable bonds is 2. The van der Waals surface area contributed by atoms with E-state index in [1.54, 1.807) is 12.1 Å². The number of anilines is 1. The van der Waals surface area contributed by atoms with Gasteiger partial charge in [0.05, 0.1) is 16.6 Å². The lowest BCUT2D eigenvalue weighted by Crippen LogP contribution is -2.57. The molecule has 3 aliphatic rings. The zero-order chi connectivity index (χ0) is 14.4. The molecule has 2 bridgehead atoms. The number of aromatic nitrogens is 2. The maximum Gasteiger partial charge on any atom is 0.259 e. The highest BCUT2D eigenvalue weighted by Crippen LogP contribution is 2.31. The molecule has 4 heterocycles. The van der Waals surface area contributed by atoms with E-state index >= 15 is 0 Å². The average molecular weight is 306 g/mol. The van der Waals surface area contributed by atoms with Crippen molar-refractivity contribution >= 4 is 17.3 Å². The number of nitrogens with two attached hydrogens (primary N) is 1. The molecule has 110 valence electrons. The summed E-state index contributed by atoms with van der Waals surface area (Å²) in [6, 6.07) is 5.50. The van der Waals surface area contributed by atoms with Gasteiger partial charge in [-0.05, 0) is 18.2 Å². The number of fused-ring (bicyclic) bond motifs is 3. The quantitative estimate of drug-likeness (QED) is 0.851. The molecule has 1 unspecified atom stereocenters. The fourth-order valence-electron chi connectivity index (χ4n) is 3.05. The third-order valence-electron chi connectivity index (χ3n) is 4.24. The van der Waals surface area contributed by atoms with E-state index in [0.717, 1.165) is 44.1 Å². The Hall–Kier alpha value is -1.63. The standard InChI is InChI=1S/C14H16ClN5O/c15-11-7-9(16)1-2-10(11)14-17-13(18-21-14)12-8-19-3-5-20(12)6-4-19/h1-2,7,12H,3-6,8,16H2. The van der Waals surface area contributed by atoms with E-state index in [0.29, 0.717) is 16.6 Å². The summed E-state index contributed by atoms with van der Waals surface area (Å²) in [6.45, 7) is 5.36. The number of piperazine rings is 3. The van der Waals surface area contributed by atoms with Gasteiger partial charge >= 0.3 is 0 Å². The van der Waals surface area contributed by atoms with Crippen LogP contribution in [0.1, 0.15) is 11.9 Å². The number of halogens is 1. The summed E-state index contributed by atoms with van der Waals surface area (Å²) in [5, 5.41) is 4.68. The lowest BCUT2D eigenvalue weighted by Gasteiger charge is -2.46. The van der Waals surface area contributed by atoms with Gasteiger partial charge in [-0.3, -0.25) is 9.80 Å². The minimum atomic E-state index is 0.220. The molecule has 3 saturated heterocycles. The predicted octanol–water partition coefficient (Wildman–Crippen LogP) is 1.64. The first-order valence-electron chi connectivity index (χ1n) is 7.06. The van der Waals surface area contributed by atoms with E-state index in [1.165, 1.54) is 0 Å². The van der Waals surface area contributed by atoms with E-state index in [2.05, 4.69) is 19.9 Å². The van der Waals surface area contributed by atoms with Gasteiger partial charge in [0, 0.05) is 38.4 Å². The van der Waals surface area contributed by atoms with Crippen molar-refractivity contribution in [1.29, 1.82) is 0 Å². The maximum atomic E-state index is 6.20. The van der Waals surface area contributed by atoms with Crippen molar-refractivity contribution in [2.24, 2.45) is 0 Å². The number of nitrogen functional groups attached to an aromatic ring is 1. The minimum Gasteiger partial charge on any atom is -0.399 e. The molecule has 0 saturated carbocycles. The van der Waals surface area contributed by atoms with E-state index in [-0.39, 0.29) is 6.04 Å². The number of nitrogens with zero attached hydrogens (tertiary/aromatic N) is 4. The molecule has 3 aliphatic heterocycles. The first kappa shape index (κ1) is 13.1. The molecule has 1 aromatic heterocycles. The smallest absolute Gasteiger partial charge is 0.259 e. The van der Waals surface area contributed by atoms with Crippen LogP contribution >= 0.6 is 11.6 Å². The van der Waals surface area contributed by atoms with Gasteiger partial charge in [0.15, 0.2) is 5.82 Å². The van der Waals surface area contributed by atoms with Crippen LogP contribution in [0.4, 0.5) is 5.69 Å². The van der Waals surface area contributed by atoms with Crippen molar-refractivity contribution < 1.29 is 4.52 Å². The Labute approximate surface area is 127 Å². The lowest BCUT2D eigenvalue weighted by atomic mass is 10.1. The van der Waals surface area contributed by atoms with Crippen LogP contribution in [0.5, 0.6) is 0 Å². The van der Waals surface area contributed by atoms with Gasteiger partial charge in [0.25, 0.3) is 5.89 Å². The summed E-state index contributed by atoms with van der Waals surface area (Å²) in [5.41, 5.74) is 7.05. The zero-order valence-corrected chi connectivity index (χ0v) is 12.3. The summed E-state index contributed by atoms with van der Waals surface area (Å²) in [5.74, 6) is 1.19. The molecule has 3 fully saturated rings. The first-order chi connectivity index (χ1) is 10.2. The molecule has 6 nitrogen and oxygen atoms in total. The van der Waals surface area contributed by atoms with Crippen molar-refractivity contribution in [3.63, 3.8) is 0 Å². The second-order valence-corrected chi connectivity index (χ2v) is 5.96. The van der Waals surface area contributed by atoms with E-state index in [1.807, 2.05) is 6.07 Å². The molecule has 1 atom stereocenters. The first-order valence-corrected chi connectivity index (χ1v) is 7.44. The number of hydrogen-bond acceptors (Lipinski definition) is 6. The van der Waals surface area contributed by atoms with Gasteiger partial charge in [0.1, 0.15) is 0 Å². The molecule has 5 rings (SSSR count). The summed E-state index contributed by atoms with van der Waals surface area (Å²) in [4.78, 5) is 9.40. The van der Waals surface area contributed by atoms with Crippen LogP contribution in [-0.2, 0) is 0 Å². The third-order valence-corrected chi connectivity index (χ3v) is 4.55. The average Bonchev–Trinajstić information content (AvgIpc) is 2.98. The molecule has 21 heavy (non-hydrogen) atoms. The van der Waals surface area contributed by atoms with E-state index in [9.17, 15) is 0 Å². The maximum absolute atomic E-state index is 6.20. The van der Waals surface area contributed by atoms with E-state index in [4.69, 9.17) is 21.9 Å². The Morgan fingerprint density at radius 3 is 2.71 bits per heavy atom. The lowest BCUT2D eigenvalue weighted by molar-refractivity contribution is 0.00781. The molecule has 1 aromatic carbocycles. The summed E-state index contributed by atoms with van der Waals surface area (Å²) in [7, 11) is 0. The molecular weight excluding hydrogens is 290 g/mol. The van der Waals surface area contributed by atoms with Gasteiger partial charge in [-0.1, -0.05) is 16.8 Å². The van der Waals surface area contributed by atoms with Crippen LogP contribution in [-0.4, -0.2) is 52.7 Å². The van der Waals surface area contributed by atoms with Gasteiger partial charge in [-0.25, -0.2) is 0 Å². The van der Waals surface area contributed by atoms with Crippen molar-refractivity contribution in [1.82, 2.24) is 19.9 Å². The SMILES string of the molecule is Nc1ccc(-c2nc(C3CN4CCN3CC4)no2)c(Cl)c1. The number of hydrogen-bond donors (Lipinski definition) is 1. The van der Waals surface area contributed by atoms with E-state index < -0.39 is 0 Å². The Bertz CT molecular complexity index is 665. The highest BCUT2D eigenvalue weighted by atomic mass is 35.5. The normalized spacial score (nSPS) is 28.0. The Morgan fingerprint density at radius 2 is 2.05 bits per heavy atom. The van der Waals surface area contributed by atoms with Crippen molar-refractivity contribution in [2.75, 3.05) is 38.5 Å². The fraction of sp³-hybridized carbons (Fsp3) is 0.429. The molecule has 0 aliphatic carbocycles. The number of benzene rings is 1. The fourth-order valence-corrected chi connectivity index (χ4v) is 3.32. The second kappa shape index (κ2) is 4.98. The highest BCUT2D eigenvalue weighted by Gasteiger charge is 2.35. The molecule has 0 spiro atoms. The van der Waals surface area contributed by atoms with Crippen LogP contribution in [0, 0.1) is 0 Å². The summed E-state index contributed by atoms with van der Waals surface area (Å²) >= 11 is 6.20. The predicted molar refractivity (Wildman–Crippen MR) is 79.9 cm³/mol. The van der Waals surface area contributed by atoms with Crippen LogP contribution in [0.25, 0.3) is 11.5 Å². The molecular formula is C14H16ClN5O. The molecule has 0 amide bonds. The van der Waals surface area contributed by atoms with Crippen LogP contribution in [0.15, 0.2) is 22.7 Å². The minimum absolute atomic E-state index is 0.220. The largest absolute Gasteiger partial charge is 0.399 e. The Kier molecular flexibility index (Phi) is 3.10. The molecule has 7 heteroatoms. The van der Waals surface area contributed by atoms with Crippen LogP contribution in [0.3, 0.4) is 0 Å². The highest BCUT2D eigenvalue weighted by molar-refractivity contribution is 6.33.